The second kappa shape index (κ2) is 4.80. The predicted octanol–water partition coefficient (Wildman–Crippen LogP) is 1.12. The molecule has 0 radical (unpaired) electrons. The maximum Gasteiger partial charge on any atom is 0.328 e. The van der Waals surface area contributed by atoms with Gasteiger partial charge in [0.05, 0.1) is 6.26 Å². The zero-order valence-electron chi connectivity index (χ0n) is 8.45. The summed E-state index contributed by atoms with van der Waals surface area (Å²) in [4.78, 5) is 10.2. The molecule has 86 valence electrons. The molecule has 0 atom stereocenters. The quantitative estimate of drug-likeness (QED) is 0.632. The summed E-state index contributed by atoms with van der Waals surface area (Å²) >= 11 is 0. The minimum Gasteiger partial charge on any atom is -0.478 e. The summed E-state index contributed by atoms with van der Waals surface area (Å²) < 4.78 is 26.2. The Labute approximate surface area is 93.1 Å². The lowest BCUT2D eigenvalue weighted by atomic mass is 10.2. The fourth-order valence-electron chi connectivity index (χ4n) is 0.977. The Hall–Kier alpha value is -1.82. The van der Waals surface area contributed by atoms with Crippen molar-refractivity contribution < 1.29 is 22.5 Å². The van der Waals surface area contributed by atoms with Gasteiger partial charge in [-0.25, -0.2) is 4.79 Å². The highest BCUT2D eigenvalue weighted by Crippen LogP contribution is 2.14. The Balaban J connectivity index is 2.79. The number of carbonyl (C=O) groups is 1. The Morgan fingerprint density at radius 2 is 1.88 bits per heavy atom. The average Bonchev–Trinajstić information content (AvgIpc) is 2.14. The van der Waals surface area contributed by atoms with Crippen LogP contribution in [-0.2, 0) is 14.9 Å². The Morgan fingerprint density at radius 3 is 2.31 bits per heavy atom. The summed E-state index contributed by atoms with van der Waals surface area (Å²) in [6.07, 6.45) is 3.34. The van der Waals surface area contributed by atoms with Gasteiger partial charge in [0, 0.05) is 6.08 Å². The predicted molar refractivity (Wildman–Crippen MR) is 58.6 cm³/mol. The van der Waals surface area contributed by atoms with Crippen molar-refractivity contribution >= 4 is 22.2 Å². The van der Waals surface area contributed by atoms with Crippen LogP contribution in [0.4, 0.5) is 0 Å². The van der Waals surface area contributed by atoms with Crippen LogP contribution in [0.25, 0.3) is 6.08 Å². The van der Waals surface area contributed by atoms with Gasteiger partial charge in [-0.05, 0) is 23.8 Å². The van der Waals surface area contributed by atoms with E-state index >= 15 is 0 Å². The molecule has 0 bridgehead atoms. The number of rotatable bonds is 4. The third kappa shape index (κ3) is 4.61. The van der Waals surface area contributed by atoms with Crippen molar-refractivity contribution in [3.8, 4) is 5.75 Å². The first-order valence-electron chi connectivity index (χ1n) is 4.27. The standard InChI is InChI=1S/C10H10O5S/c1-16(13,14)15-9-5-2-8(3-6-9)4-7-10(11)12/h2-7H,1H3,(H,11,12)/b7-4+. The Morgan fingerprint density at radius 1 is 1.31 bits per heavy atom. The molecule has 16 heavy (non-hydrogen) atoms. The van der Waals surface area contributed by atoms with Crippen LogP contribution in [0.15, 0.2) is 30.3 Å². The summed E-state index contributed by atoms with van der Waals surface area (Å²) in [5.41, 5.74) is 0.642. The lowest BCUT2D eigenvalue weighted by Gasteiger charge is -2.02. The van der Waals surface area contributed by atoms with Crippen molar-refractivity contribution in [1.29, 1.82) is 0 Å². The molecule has 0 aliphatic carbocycles. The van der Waals surface area contributed by atoms with Gasteiger partial charge in [-0.1, -0.05) is 12.1 Å². The maximum atomic E-state index is 10.8. The van der Waals surface area contributed by atoms with Crippen LogP contribution in [0.1, 0.15) is 5.56 Å². The zero-order valence-corrected chi connectivity index (χ0v) is 9.27. The lowest BCUT2D eigenvalue weighted by Crippen LogP contribution is -2.05. The molecule has 1 aromatic carbocycles. The molecule has 0 saturated heterocycles. The fourth-order valence-corrected chi connectivity index (χ4v) is 1.44. The summed E-state index contributed by atoms with van der Waals surface area (Å²) in [5.74, 6) is -0.855. The summed E-state index contributed by atoms with van der Waals surface area (Å²) in [5, 5.41) is 8.39. The summed E-state index contributed by atoms with van der Waals surface area (Å²) in [6, 6.07) is 6.01. The van der Waals surface area contributed by atoms with Gasteiger partial charge >= 0.3 is 16.1 Å². The van der Waals surface area contributed by atoms with Crippen molar-refractivity contribution in [1.82, 2.24) is 0 Å². The average molecular weight is 242 g/mol. The lowest BCUT2D eigenvalue weighted by molar-refractivity contribution is -0.131. The largest absolute Gasteiger partial charge is 0.478 e. The van der Waals surface area contributed by atoms with E-state index in [1.165, 1.54) is 18.2 Å². The van der Waals surface area contributed by atoms with Crippen LogP contribution in [0.5, 0.6) is 5.75 Å². The normalized spacial score (nSPS) is 11.6. The van der Waals surface area contributed by atoms with E-state index in [9.17, 15) is 13.2 Å². The minimum atomic E-state index is -3.53. The van der Waals surface area contributed by atoms with E-state index in [0.29, 0.717) is 5.56 Å². The second-order valence-corrected chi connectivity index (χ2v) is 4.60. The molecule has 1 aromatic rings. The van der Waals surface area contributed by atoms with E-state index in [2.05, 4.69) is 4.18 Å². The number of benzene rings is 1. The Kier molecular flexibility index (Phi) is 3.68. The first kappa shape index (κ1) is 12.3. The first-order chi connectivity index (χ1) is 7.37. The third-order valence-electron chi connectivity index (χ3n) is 1.55. The van der Waals surface area contributed by atoms with Crippen molar-refractivity contribution in [3.05, 3.63) is 35.9 Å². The van der Waals surface area contributed by atoms with E-state index in [1.807, 2.05) is 0 Å². The Bertz CT molecular complexity index is 499. The monoisotopic (exact) mass is 242 g/mol. The molecule has 1 N–H and O–H groups in total. The van der Waals surface area contributed by atoms with Gasteiger partial charge in [-0.15, -0.1) is 0 Å². The van der Waals surface area contributed by atoms with Crippen LogP contribution < -0.4 is 4.18 Å². The van der Waals surface area contributed by atoms with E-state index in [-0.39, 0.29) is 5.75 Å². The van der Waals surface area contributed by atoms with E-state index in [1.54, 1.807) is 12.1 Å². The van der Waals surface area contributed by atoms with E-state index in [0.717, 1.165) is 12.3 Å². The smallest absolute Gasteiger partial charge is 0.328 e. The molecule has 0 unspecified atom stereocenters. The van der Waals surface area contributed by atoms with Gasteiger partial charge in [0.2, 0.25) is 0 Å². The van der Waals surface area contributed by atoms with Gasteiger partial charge in [0.25, 0.3) is 0 Å². The number of carboxylic acid groups (broad SMARTS) is 1. The molecule has 0 aromatic heterocycles. The van der Waals surface area contributed by atoms with Crippen molar-refractivity contribution in [3.63, 3.8) is 0 Å². The zero-order chi connectivity index (χ0) is 12.2. The molecule has 6 heteroatoms. The molecular formula is C10H10O5S. The topological polar surface area (TPSA) is 80.7 Å². The maximum absolute atomic E-state index is 10.8. The number of aliphatic carboxylic acids is 1. The highest BCUT2D eigenvalue weighted by molar-refractivity contribution is 7.86. The summed E-state index contributed by atoms with van der Waals surface area (Å²) in [6.45, 7) is 0. The third-order valence-corrected chi connectivity index (χ3v) is 2.04. The van der Waals surface area contributed by atoms with E-state index in [4.69, 9.17) is 5.11 Å². The molecule has 5 nitrogen and oxygen atoms in total. The molecule has 0 heterocycles. The van der Waals surface area contributed by atoms with Crippen LogP contribution in [0.3, 0.4) is 0 Å². The molecule has 0 amide bonds. The van der Waals surface area contributed by atoms with E-state index < -0.39 is 16.1 Å². The summed E-state index contributed by atoms with van der Waals surface area (Å²) in [7, 11) is -3.53. The van der Waals surface area contributed by atoms with Crippen LogP contribution in [0.2, 0.25) is 0 Å². The number of carboxylic acids is 1. The molecule has 0 aliphatic rings. The molecule has 0 spiro atoms. The molecule has 0 aliphatic heterocycles. The van der Waals surface area contributed by atoms with Crippen molar-refractivity contribution in [2.24, 2.45) is 0 Å². The first-order valence-corrected chi connectivity index (χ1v) is 6.09. The fraction of sp³-hybridized carbons (Fsp3) is 0.100. The molecule has 0 fully saturated rings. The molecule has 1 rings (SSSR count). The van der Waals surface area contributed by atoms with Gasteiger partial charge in [0.15, 0.2) is 0 Å². The van der Waals surface area contributed by atoms with Gasteiger partial charge in [-0.2, -0.15) is 8.42 Å². The van der Waals surface area contributed by atoms with Gasteiger partial charge in [0.1, 0.15) is 5.75 Å². The molecule has 0 saturated carbocycles. The second-order valence-electron chi connectivity index (χ2n) is 3.03. The van der Waals surface area contributed by atoms with Crippen LogP contribution in [-0.4, -0.2) is 25.7 Å². The van der Waals surface area contributed by atoms with Gasteiger partial charge in [-0.3, -0.25) is 0 Å². The number of hydrogen-bond donors (Lipinski definition) is 1. The highest BCUT2D eigenvalue weighted by atomic mass is 32.2. The van der Waals surface area contributed by atoms with Crippen LogP contribution >= 0.6 is 0 Å². The van der Waals surface area contributed by atoms with Crippen molar-refractivity contribution in [2.45, 2.75) is 0 Å². The number of hydrogen-bond acceptors (Lipinski definition) is 4. The minimum absolute atomic E-state index is 0.190. The molecular weight excluding hydrogens is 232 g/mol. The SMILES string of the molecule is CS(=O)(=O)Oc1ccc(/C=C/C(=O)O)cc1. The van der Waals surface area contributed by atoms with Gasteiger partial charge < -0.3 is 9.29 Å². The van der Waals surface area contributed by atoms with Crippen LogP contribution in [0, 0.1) is 0 Å². The highest BCUT2D eigenvalue weighted by Gasteiger charge is 2.02. The van der Waals surface area contributed by atoms with Crippen molar-refractivity contribution in [2.75, 3.05) is 6.26 Å².